The molecule has 0 bridgehead atoms. The smallest absolute Gasteiger partial charge is 0.273 e. The van der Waals surface area contributed by atoms with Gasteiger partial charge in [0.05, 0.1) is 25.6 Å². The van der Waals surface area contributed by atoms with E-state index in [0.29, 0.717) is 20.6 Å². The lowest BCUT2D eigenvalue weighted by Crippen LogP contribution is -2.22. The van der Waals surface area contributed by atoms with E-state index in [-0.39, 0.29) is 22.6 Å². The van der Waals surface area contributed by atoms with E-state index in [1.54, 1.807) is 18.2 Å². The standard InChI is InChI=1S/C22H16Cl3N3O6S/c23-17-5-7-18(8-6-17)35(32,33)12-16-10-14(4-9-20(16)28(30)31)22(29)26-13-27-34-11-15-2-1-3-19(24)21(15)25/h1-10,13H,11-12H2,(H,26,27,29). The van der Waals surface area contributed by atoms with Gasteiger partial charge in [-0.05, 0) is 42.5 Å². The number of nitro groups is 1. The van der Waals surface area contributed by atoms with Crippen molar-refractivity contribution in [1.82, 2.24) is 5.32 Å². The molecule has 0 spiro atoms. The van der Waals surface area contributed by atoms with Gasteiger partial charge in [0.15, 0.2) is 9.84 Å². The van der Waals surface area contributed by atoms with E-state index in [2.05, 4.69) is 10.5 Å². The van der Waals surface area contributed by atoms with Gasteiger partial charge in [-0.15, -0.1) is 0 Å². The Kier molecular flexibility index (Phi) is 8.68. The third kappa shape index (κ3) is 6.92. The fraction of sp³-hybridized carbons (Fsp3) is 0.0909. The summed E-state index contributed by atoms with van der Waals surface area (Å²) in [6.07, 6.45) is 0.978. The van der Waals surface area contributed by atoms with Crippen LogP contribution in [-0.4, -0.2) is 25.6 Å². The summed E-state index contributed by atoms with van der Waals surface area (Å²) >= 11 is 17.8. The Bertz CT molecular complexity index is 1400. The zero-order valence-electron chi connectivity index (χ0n) is 17.7. The second-order valence-corrected chi connectivity index (χ2v) is 10.2. The van der Waals surface area contributed by atoms with Crippen molar-refractivity contribution in [2.75, 3.05) is 0 Å². The number of halogens is 3. The summed E-state index contributed by atoms with van der Waals surface area (Å²) in [6, 6.07) is 13.8. The fourth-order valence-corrected chi connectivity index (χ4v) is 4.78. The number of nitro benzene ring substituents is 1. The number of oxime groups is 1. The van der Waals surface area contributed by atoms with Gasteiger partial charge in [-0.1, -0.05) is 52.1 Å². The van der Waals surface area contributed by atoms with Crippen LogP contribution in [0, 0.1) is 10.1 Å². The molecular weight excluding hydrogens is 541 g/mol. The van der Waals surface area contributed by atoms with Gasteiger partial charge in [-0.25, -0.2) is 8.42 Å². The molecule has 0 aliphatic heterocycles. The molecule has 3 rings (SSSR count). The Balaban J connectivity index is 1.71. The second-order valence-electron chi connectivity index (χ2n) is 7.01. The first-order valence-electron chi connectivity index (χ1n) is 9.71. The van der Waals surface area contributed by atoms with Crippen molar-refractivity contribution in [1.29, 1.82) is 0 Å². The topological polar surface area (TPSA) is 128 Å². The first kappa shape index (κ1) is 26.4. The van der Waals surface area contributed by atoms with Crippen LogP contribution in [-0.2, 0) is 27.0 Å². The molecule has 0 atom stereocenters. The molecule has 13 heteroatoms. The van der Waals surface area contributed by atoms with E-state index in [1.165, 1.54) is 30.3 Å². The molecule has 0 aliphatic rings. The molecule has 0 heterocycles. The van der Waals surface area contributed by atoms with Crippen LogP contribution in [0.1, 0.15) is 21.5 Å². The molecule has 35 heavy (non-hydrogen) atoms. The fourth-order valence-electron chi connectivity index (χ4n) is 2.92. The van der Waals surface area contributed by atoms with Gasteiger partial charge in [0.2, 0.25) is 0 Å². The van der Waals surface area contributed by atoms with Crippen LogP contribution in [0.15, 0.2) is 70.7 Å². The van der Waals surface area contributed by atoms with Crippen LogP contribution < -0.4 is 5.32 Å². The van der Waals surface area contributed by atoms with Crippen molar-refractivity contribution in [3.8, 4) is 0 Å². The molecule has 3 aromatic carbocycles. The summed E-state index contributed by atoms with van der Waals surface area (Å²) < 4.78 is 25.5. The summed E-state index contributed by atoms with van der Waals surface area (Å²) in [4.78, 5) is 28.2. The number of rotatable bonds is 9. The number of hydrogen-bond acceptors (Lipinski definition) is 7. The Morgan fingerprint density at radius 2 is 1.77 bits per heavy atom. The predicted octanol–water partition coefficient (Wildman–Crippen LogP) is 5.42. The average molecular weight is 557 g/mol. The molecule has 0 saturated heterocycles. The maximum Gasteiger partial charge on any atom is 0.273 e. The number of carbonyl (C=O) groups excluding carboxylic acids is 1. The normalized spacial score (nSPS) is 11.4. The highest BCUT2D eigenvalue weighted by Gasteiger charge is 2.23. The number of hydrogen-bond donors (Lipinski definition) is 1. The summed E-state index contributed by atoms with van der Waals surface area (Å²) in [7, 11) is -3.95. The molecule has 0 unspecified atom stereocenters. The van der Waals surface area contributed by atoms with Crippen LogP contribution in [0.3, 0.4) is 0 Å². The SMILES string of the molecule is O=C(N/C=N/OCc1cccc(Cl)c1Cl)c1ccc([N+](=O)[O-])c(CS(=O)(=O)c2ccc(Cl)cc2)c1. The molecular formula is C22H16Cl3N3O6S. The summed E-state index contributed by atoms with van der Waals surface area (Å²) in [5.41, 5.74) is -0.0123. The monoisotopic (exact) mass is 555 g/mol. The molecule has 0 aliphatic carbocycles. The van der Waals surface area contributed by atoms with Crippen LogP contribution in [0.4, 0.5) is 5.69 Å². The average Bonchev–Trinajstić information content (AvgIpc) is 2.81. The second kappa shape index (κ2) is 11.5. The van der Waals surface area contributed by atoms with E-state index >= 15 is 0 Å². The maximum absolute atomic E-state index is 12.8. The third-order valence-corrected chi connectivity index (χ3v) is 7.42. The lowest BCUT2D eigenvalue weighted by molar-refractivity contribution is -0.385. The van der Waals surface area contributed by atoms with Gasteiger partial charge in [0.25, 0.3) is 11.6 Å². The van der Waals surface area contributed by atoms with Crippen LogP contribution in [0.25, 0.3) is 0 Å². The molecule has 0 aromatic heterocycles. The minimum absolute atomic E-state index is 0.00397. The number of carbonyl (C=O) groups is 1. The predicted molar refractivity (Wildman–Crippen MR) is 133 cm³/mol. The highest BCUT2D eigenvalue weighted by molar-refractivity contribution is 7.90. The first-order valence-corrected chi connectivity index (χ1v) is 12.5. The van der Waals surface area contributed by atoms with E-state index < -0.39 is 32.1 Å². The zero-order chi connectivity index (χ0) is 25.6. The van der Waals surface area contributed by atoms with E-state index in [0.717, 1.165) is 18.5 Å². The number of sulfone groups is 1. The Labute approximate surface area is 215 Å². The van der Waals surface area contributed by atoms with E-state index in [1.807, 2.05) is 0 Å². The maximum atomic E-state index is 12.8. The van der Waals surface area contributed by atoms with Crippen LogP contribution in [0.2, 0.25) is 15.1 Å². The Morgan fingerprint density at radius 3 is 2.46 bits per heavy atom. The zero-order valence-corrected chi connectivity index (χ0v) is 20.7. The highest BCUT2D eigenvalue weighted by atomic mass is 35.5. The molecule has 1 amide bonds. The molecule has 3 aromatic rings. The Hall–Kier alpha value is -3.18. The number of amides is 1. The van der Waals surface area contributed by atoms with Gasteiger partial charge < -0.3 is 10.2 Å². The lowest BCUT2D eigenvalue weighted by atomic mass is 10.1. The van der Waals surface area contributed by atoms with Gasteiger partial charge in [0, 0.05) is 27.8 Å². The van der Waals surface area contributed by atoms with Gasteiger partial charge in [-0.3, -0.25) is 14.9 Å². The van der Waals surface area contributed by atoms with E-state index in [9.17, 15) is 23.3 Å². The van der Waals surface area contributed by atoms with Gasteiger partial charge in [0.1, 0.15) is 12.9 Å². The van der Waals surface area contributed by atoms with E-state index in [4.69, 9.17) is 39.6 Å². The summed E-state index contributed by atoms with van der Waals surface area (Å²) in [5, 5.41) is 18.4. The van der Waals surface area contributed by atoms with Crippen molar-refractivity contribution in [3.63, 3.8) is 0 Å². The van der Waals surface area contributed by atoms with Gasteiger partial charge >= 0.3 is 0 Å². The first-order chi connectivity index (χ1) is 16.6. The molecule has 9 nitrogen and oxygen atoms in total. The lowest BCUT2D eigenvalue weighted by Gasteiger charge is -2.08. The number of nitrogens with one attached hydrogen (secondary N) is 1. The van der Waals surface area contributed by atoms with Crippen molar-refractivity contribution in [2.45, 2.75) is 17.3 Å². The molecule has 0 fully saturated rings. The van der Waals surface area contributed by atoms with Crippen molar-refractivity contribution in [3.05, 3.63) is 103 Å². The minimum Gasteiger partial charge on any atom is -0.390 e. The summed E-state index contributed by atoms with van der Waals surface area (Å²) in [5.74, 6) is -1.37. The number of benzene rings is 3. The summed E-state index contributed by atoms with van der Waals surface area (Å²) in [6.45, 7) is -0.00397. The molecule has 0 radical (unpaired) electrons. The quantitative estimate of drug-likeness (QED) is 0.162. The van der Waals surface area contributed by atoms with Crippen molar-refractivity contribution >= 4 is 62.6 Å². The Morgan fingerprint density at radius 1 is 1.06 bits per heavy atom. The van der Waals surface area contributed by atoms with Crippen molar-refractivity contribution in [2.24, 2.45) is 5.16 Å². The highest BCUT2D eigenvalue weighted by Crippen LogP contribution is 2.27. The van der Waals surface area contributed by atoms with Crippen LogP contribution in [0.5, 0.6) is 0 Å². The molecule has 0 saturated carbocycles. The van der Waals surface area contributed by atoms with Crippen molar-refractivity contribution < 1.29 is 23.0 Å². The number of nitrogens with zero attached hydrogens (tertiary/aromatic N) is 2. The minimum atomic E-state index is -3.95. The largest absolute Gasteiger partial charge is 0.390 e. The molecule has 1 N–H and O–H groups in total. The van der Waals surface area contributed by atoms with Crippen LogP contribution >= 0.6 is 34.8 Å². The van der Waals surface area contributed by atoms with Gasteiger partial charge in [-0.2, -0.15) is 0 Å². The third-order valence-electron chi connectivity index (χ3n) is 4.63. The molecule has 182 valence electrons.